The highest BCUT2D eigenvalue weighted by Crippen LogP contribution is 2.34. The topological polar surface area (TPSA) is 105 Å². The van der Waals surface area contributed by atoms with Gasteiger partial charge in [-0.05, 0) is 48.5 Å². The number of anilines is 1. The number of benzene rings is 2. The molecule has 2 aromatic carbocycles. The molecule has 2 aromatic rings. The molecule has 1 N–H and O–H groups in total. The lowest BCUT2D eigenvalue weighted by molar-refractivity contribution is -0.117. The minimum atomic E-state index is -0.423. The second-order valence-corrected chi connectivity index (χ2v) is 7.31. The van der Waals surface area contributed by atoms with Crippen molar-refractivity contribution >= 4 is 24.0 Å². The molecular weight excluding hydrogens is 419 g/mol. The second-order valence-electron chi connectivity index (χ2n) is 7.31. The first kappa shape index (κ1) is 23.5. The van der Waals surface area contributed by atoms with Crippen molar-refractivity contribution in [3.8, 4) is 12.1 Å². The third-order valence-electron chi connectivity index (χ3n) is 5.19. The van der Waals surface area contributed by atoms with E-state index in [0.29, 0.717) is 55.1 Å². The summed E-state index contributed by atoms with van der Waals surface area (Å²) >= 11 is 0. The first-order chi connectivity index (χ1) is 16.1. The molecule has 8 heteroatoms. The van der Waals surface area contributed by atoms with Crippen LogP contribution < -0.4 is 10.2 Å². The van der Waals surface area contributed by atoms with E-state index in [9.17, 15) is 14.4 Å². The summed E-state index contributed by atoms with van der Waals surface area (Å²) in [5.41, 5.74) is 3.42. The van der Waals surface area contributed by atoms with Crippen molar-refractivity contribution in [1.29, 1.82) is 10.5 Å². The van der Waals surface area contributed by atoms with Crippen LogP contribution >= 0.6 is 0 Å². The minimum Gasteiger partial charge on any atom is -0.310 e. The molecule has 0 fully saturated rings. The molecule has 33 heavy (non-hydrogen) atoms. The monoisotopic (exact) mass is 442 g/mol. The Kier molecular flexibility index (Phi) is 8.18. The molecule has 166 valence electrons. The number of hydrogen-bond acceptors (Lipinski definition) is 6. The van der Waals surface area contributed by atoms with E-state index < -0.39 is 5.82 Å². The third-order valence-corrected chi connectivity index (χ3v) is 5.19. The molecule has 7 nitrogen and oxygen atoms in total. The van der Waals surface area contributed by atoms with Gasteiger partial charge in [-0.15, -0.1) is 0 Å². The summed E-state index contributed by atoms with van der Waals surface area (Å²) in [5, 5.41) is 21.5. The van der Waals surface area contributed by atoms with Crippen LogP contribution in [0.15, 0.2) is 58.7 Å². The number of nitrogens with zero attached hydrogens (tertiary/aromatic N) is 5. The van der Waals surface area contributed by atoms with E-state index in [-0.39, 0.29) is 12.3 Å². The van der Waals surface area contributed by atoms with Gasteiger partial charge in [0.15, 0.2) is 0 Å². The predicted octanol–water partition coefficient (Wildman–Crippen LogP) is 3.29. The molecule has 0 atom stereocenters. The van der Waals surface area contributed by atoms with Crippen LogP contribution in [0.25, 0.3) is 0 Å². The number of amides is 1. The fraction of sp³-hybridized carbons (Fsp3) is 0.240. The SMILES string of the molecule is C=N/C=C\C(=N/CNCCC#N)c1cc(C#N)c2c(c1)CCN2C(=O)Cc1ccccc1F. The molecule has 3 rings (SSSR count). The fourth-order valence-electron chi connectivity index (χ4n) is 3.66. The van der Waals surface area contributed by atoms with Gasteiger partial charge in [-0.2, -0.15) is 10.5 Å². The summed E-state index contributed by atoms with van der Waals surface area (Å²) in [7, 11) is 0. The highest BCUT2D eigenvalue weighted by atomic mass is 19.1. The largest absolute Gasteiger partial charge is 0.310 e. The van der Waals surface area contributed by atoms with Gasteiger partial charge in [0.05, 0.1) is 36.1 Å². The smallest absolute Gasteiger partial charge is 0.231 e. The van der Waals surface area contributed by atoms with Gasteiger partial charge in [0.2, 0.25) is 5.91 Å². The molecule has 0 aromatic heterocycles. The van der Waals surface area contributed by atoms with Gasteiger partial charge >= 0.3 is 0 Å². The van der Waals surface area contributed by atoms with E-state index in [0.717, 1.165) is 11.1 Å². The second kappa shape index (κ2) is 11.5. The zero-order valence-corrected chi connectivity index (χ0v) is 18.1. The molecule has 0 aliphatic carbocycles. The summed E-state index contributed by atoms with van der Waals surface area (Å²) in [6, 6.07) is 14.0. The van der Waals surface area contributed by atoms with Crippen molar-refractivity contribution in [1.82, 2.24) is 5.32 Å². The van der Waals surface area contributed by atoms with Crippen LogP contribution in [0.5, 0.6) is 0 Å². The van der Waals surface area contributed by atoms with Gasteiger partial charge in [-0.25, -0.2) is 4.39 Å². The van der Waals surface area contributed by atoms with E-state index in [1.807, 2.05) is 6.07 Å². The highest BCUT2D eigenvalue weighted by Gasteiger charge is 2.29. The molecule has 0 radical (unpaired) electrons. The number of carbonyl (C=O) groups is 1. The van der Waals surface area contributed by atoms with Crippen molar-refractivity contribution in [3.63, 3.8) is 0 Å². The Morgan fingerprint density at radius 1 is 1.30 bits per heavy atom. The molecule has 0 spiro atoms. The molecule has 1 aliphatic heterocycles. The number of allylic oxidation sites excluding steroid dienone is 1. The Balaban J connectivity index is 1.89. The van der Waals surface area contributed by atoms with Crippen LogP contribution in [-0.2, 0) is 17.6 Å². The number of nitriles is 2. The maximum absolute atomic E-state index is 14.0. The van der Waals surface area contributed by atoms with Crippen LogP contribution in [-0.4, -0.2) is 38.1 Å². The number of halogens is 1. The van der Waals surface area contributed by atoms with Crippen molar-refractivity contribution in [2.75, 3.05) is 24.7 Å². The van der Waals surface area contributed by atoms with E-state index in [1.54, 1.807) is 35.2 Å². The van der Waals surface area contributed by atoms with Crippen LogP contribution in [0, 0.1) is 28.5 Å². The summed E-state index contributed by atoms with van der Waals surface area (Å²) < 4.78 is 14.0. The minimum absolute atomic E-state index is 0.0758. The Labute approximate surface area is 192 Å². The van der Waals surface area contributed by atoms with Gasteiger partial charge in [0.25, 0.3) is 0 Å². The average Bonchev–Trinajstić information content (AvgIpc) is 3.26. The third kappa shape index (κ3) is 5.76. The van der Waals surface area contributed by atoms with Gasteiger partial charge < -0.3 is 4.90 Å². The lowest BCUT2D eigenvalue weighted by Gasteiger charge is -2.19. The molecule has 1 amide bonds. The maximum Gasteiger partial charge on any atom is 0.231 e. The van der Waals surface area contributed by atoms with E-state index in [2.05, 4.69) is 34.2 Å². The number of fused-ring (bicyclic) bond motifs is 1. The quantitative estimate of drug-likeness (QED) is 0.475. The van der Waals surface area contributed by atoms with Crippen molar-refractivity contribution in [2.45, 2.75) is 19.3 Å². The highest BCUT2D eigenvalue weighted by molar-refractivity contribution is 6.10. The van der Waals surface area contributed by atoms with Crippen LogP contribution in [0.1, 0.15) is 28.7 Å². The predicted molar refractivity (Wildman–Crippen MR) is 126 cm³/mol. The molecular formula is C25H23FN6O. The number of aliphatic imine (C=N–C) groups is 2. The van der Waals surface area contributed by atoms with E-state index >= 15 is 0 Å². The normalized spacial score (nSPS) is 12.9. The molecule has 0 bridgehead atoms. The lowest BCUT2D eigenvalue weighted by atomic mass is 10.00. The van der Waals surface area contributed by atoms with E-state index in [4.69, 9.17) is 5.26 Å². The summed E-state index contributed by atoms with van der Waals surface area (Å²) in [6.07, 6.45) is 4.09. The Hall–Kier alpha value is -4.14. The van der Waals surface area contributed by atoms with Crippen LogP contribution in [0.2, 0.25) is 0 Å². The lowest BCUT2D eigenvalue weighted by Crippen LogP contribution is -2.31. The average molecular weight is 442 g/mol. The fourth-order valence-corrected chi connectivity index (χ4v) is 3.66. The molecule has 0 saturated carbocycles. The van der Waals surface area contributed by atoms with E-state index in [1.165, 1.54) is 12.3 Å². The Morgan fingerprint density at radius 3 is 2.85 bits per heavy atom. The number of nitrogens with one attached hydrogen (secondary N) is 1. The van der Waals surface area contributed by atoms with Crippen LogP contribution in [0.3, 0.4) is 0 Å². The summed E-state index contributed by atoms with van der Waals surface area (Å²) in [5.74, 6) is -0.678. The van der Waals surface area contributed by atoms with Crippen molar-refractivity contribution in [3.05, 3.63) is 76.7 Å². The standard InChI is InChI=1S/C25H23FN6O/c1-29-11-7-23(31-17-30-10-4-9-27)20-13-19-8-12-32(25(19)21(14-20)16-28)24(33)15-18-5-2-3-6-22(18)26/h2-3,5-7,11,13-14,30H,1,4,8,10,12,15,17H2/b11-7-,31-23+. The van der Waals surface area contributed by atoms with Crippen molar-refractivity contribution < 1.29 is 9.18 Å². The zero-order valence-electron chi connectivity index (χ0n) is 18.1. The van der Waals surface area contributed by atoms with Gasteiger partial charge in [0, 0.05) is 31.3 Å². The molecule has 1 heterocycles. The van der Waals surface area contributed by atoms with Gasteiger partial charge in [-0.3, -0.25) is 20.1 Å². The first-order valence-corrected chi connectivity index (χ1v) is 10.4. The molecule has 0 unspecified atom stereocenters. The van der Waals surface area contributed by atoms with Crippen LogP contribution in [0.4, 0.5) is 10.1 Å². The summed E-state index contributed by atoms with van der Waals surface area (Å²) in [6.45, 7) is 4.68. The number of rotatable bonds is 9. The number of carbonyl (C=O) groups excluding carboxylic acids is 1. The Bertz CT molecular complexity index is 1190. The number of hydrogen-bond donors (Lipinski definition) is 1. The first-order valence-electron chi connectivity index (χ1n) is 10.4. The zero-order chi connectivity index (χ0) is 23.6. The Morgan fingerprint density at radius 2 is 2.12 bits per heavy atom. The van der Waals surface area contributed by atoms with Gasteiger partial charge in [-0.1, -0.05) is 18.2 Å². The maximum atomic E-state index is 14.0. The van der Waals surface area contributed by atoms with Crippen molar-refractivity contribution in [2.24, 2.45) is 9.98 Å². The summed E-state index contributed by atoms with van der Waals surface area (Å²) in [4.78, 5) is 22.8. The molecule has 1 aliphatic rings. The molecule has 0 saturated heterocycles. The van der Waals surface area contributed by atoms with Gasteiger partial charge in [0.1, 0.15) is 11.9 Å².